The summed E-state index contributed by atoms with van der Waals surface area (Å²) in [4.78, 5) is 0. The number of rotatable bonds is 4. The minimum absolute atomic E-state index is 0.258. The van der Waals surface area contributed by atoms with Crippen molar-refractivity contribution in [2.75, 3.05) is 6.54 Å². The third-order valence-corrected chi connectivity index (χ3v) is 2.42. The highest BCUT2D eigenvalue weighted by Crippen LogP contribution is 2.15. The molecular weight excluding hydrogens is 252 g/mol. The molecule has 1 aromatic rings. The van der Waals surface area contributed by atoms with Crippen LogP contribution in [0.5, 0.6) is 0 Å². The maximum atomic E-state index is 11.8. The van der Waals surface area contributed by atoms with Gasteiger partial charge in [0.05, 0.1) is 6.54 Å². The van der Waals surface area contributed by atoms with Crippen LogP contribution in [0.4, 0.5) is 8.78 Å². The summed E-state index contributed by atoms with van der Waals surface area (Å²) in [5, 5.41) is 2.70. The zero-order chi connectivity index (χ0) is 10.6. The van der Waals surface area contributed by atoms with Crippen LogP contribution >= 0.6 is 15.9 Å². The Morgan fingerprint density at radius 1 is 1.43 bits per heavy atom. The Kier molecular flexibility index (Phi) is 4.48. The first kappa shape index (κ1) is 11.6. The molecule has 0 heterocycles. The topological polar surface area (TPSA) is 12.0 Å². The molecule has 0 aliphatic carbocycles. The van der Waals surface area contributed by atoms with E-state index < -0.39 is 6.43 Å². The molecule has 0 bridgehead atoms. The van der Waals surface area contributed by atoms with Gasteiger partial charge < -0.3 is 5.32 Å². The van der Waals surface area contributed by atoms with Crippen LogP contribution in [0.25, 0.3) is 0 Å². The smallest absolute Gasteiger partial charge is 0.250 e. The van der Waals surface area contributed by atoms with E-state index in [0.717, 1.165) is 15.6 Å². The highest BCUT2D eigenvalue weighted by atomic mass is 79.9. The quantitative estimate of drug-likeness (QED) is 0.881. The molecule has 0 spiro atoms. The summed E-state index contributed by atoms with van der Waals surface area (Å²) in [6, 6.07) is 5.84. The molecule has 0 atom stereocenters. The first-order valence-corrected chi connectivity index (χ1v) is 5.13. The number of nitrogens with one attached hydrogen (secondary N) is 1. The van der Waals surface area contributed by atoms with E-state index in [1.165, 1.54) is 0 Å². The fourth-order valence-electron chi connectivity index (χ4n) is 1.15. The largest absolute Gasteiger partial charge is 0.307 e. The van der Waals surface area contributed by atoms with Gasteiger partial charge in [0.1, 0.15) is 0 Å². The van der Waals surface area contributed by atoms with E-state index in [9.17, 15) is 8.78 Å². The van der Waals surface area contributed by atoms with Crippen LogP contribution in [0.1, 0.15) is 11.1 Å². The maximum absolute atomic E-state index is 11.8. The molecule has 4 heteroatoms. The summed E-state index contributed by atoms with van der Waals surface area (Å²) in [5.74, 6) is 0. The van der Waals surface area contributed by atoms with Gasteiger partial charge in [0, 0.05) is 11.0 Å². The fraction of sp³-hybridized carbons (Fsp3) is 0.400. The Morgan fingerprint density at radius 2 is 2.14 bits per heavy atom. The van der Waals surface area contributed by atoms with Crippen molar-refractivity contribution in [1.29, 1.82) is 0 Å². The predicted octanol–water partition coefficient (Wildman–Crippen LogP) is 3.11. The van der Waals surface area contributed by atoms with Crippen LogP contribution < -0.4 is 5.32 Å². The number of halogens is 3. The van der Waals surface area contributed by atoms with Crippen LogP contribution in [0.3, 0.4) is 0 Å². The van der Waals surface area contributed by atoms with Gasteiger partial charge in [-0.3, -0.25) is 0 Å². The Bertz CT molecular complexity index is 302. The van der Waals surface area contributed by atoms with Crippen LogP contribution in [0.15, 0.2) is 22.7 Å². The molecule has 0 radical (unpaired) electrons. The van der Waals surface area contributed by atoms with Crippen LogP contribution in [0, 0.1) is 6.92 Å². The van der Waals surface area contributed by atoms with Gasteiger partial charge in [-0.1, -0.05) is 22.0 Å². The van der Waals surface area contributed by atoms with E-state index >= 15 is 0 Å². The monoisotopic (exact) mass is 263 g/mol. The van der Waals surface area contributed by atoms with E-state index in [2.05, 4.69) is 21.2 Å². The molecule has 14 heavy (non-hydrogen) atoms. The van der Waals surface area contributed by atoms with Gasteiger partial charge in [-0.15, -0.1) is 0 Å². The molecule has 0 saturated carbocycles. The van der Waals surface area contributed by atoms with Gasteiger partial charge in [0.2, 0.25) is 0 Å². The van der Waals surface area contributed by atoms with E-state index in [0.29, 0.717) is 6.54 Å². The second kappa shape index (κ2) is 5.41. The molecule has 1 N–H and O–H groups in total. The minimum Gasteiger partial charge on any atom is -0.307 e. The summed E-state index contributed by atoms with van der Waals surface area (Å²) in [6.45, 7) is 2.19. The van der Waals surface area contributed by atoms with Crippen molar-refractivity contribution in [3.05, 3.63) is 33.8 Å². The number of alkyl halides is 2. The predicted molar refractivity (Wildman–Crippen MR) is 56.6 cm³/mol. The lowest BCUT2D eigenvalue weighted by atomic mass is 10.1. The third kappa shape index (κ3) is 3.72. The average molecular weight is 264 g/mol. The van der Waals surface area contributed by atoms with Gasteiger partial charge in [-0.25, -0.2) is 8.78 Å². The van der Waals surface area contributed by atoms with E-state index in [4.69, 9.17) is 0 Å². The minimum atomic E-state index is -2.29. The van der Waals surface area contributed by atoms with Crippen molar-refractivity contribution in [1.82, 2.24) is 5.32 Å². The standard InChI is InChI=1S/C10H12BrF2N/c1-7-2-3-9(11)4-8(7)5-14-6-10(12)13/h2-4,10,14H,5-6H2,1H3. The molecule has 0 unspecified atom stereocenters. The average Bonchev–Trinajstić information content (AvgIpc) is 2.10. The second-order valence-electron chi connectivity index (χ2n) is 3.09. The highest BCUT2D eigenvalue weighted by Gasteiger charge is 2.02. The first-order valence-electron chi connectivity index (χ1n) is 4.33. The van der Waals surface area contributed by atoms with Gasteiger partial charge in [0.15, 0.2) is 0 Å². The Morgan fingerprint density at radius 3 is 2.79 bits per heavy atom. The van der Waals surface area contributed by atoms with Crippen LogP contribution in [-0.4, -0.2) is 13.0 Å². The van der Waals surface area contributed by atoms with Crippen molar-refractivity contribution in [2.24, 2.45) is 0 Å². The van der Waals surface area contributed by atoms with E-state index in [1.54, 1.807) is 0 Å². The lowest BCUT2D eigenvalue weighted by Gasteiger charge is -2.07. The molecule has 1 aromatic carbocycles. The van der Waals surface area contributed by atoms with Crippen LogP contribution in [0.2, 0.25) is 0 Å². The van der Waals surface area contributed by atoms with Crippen LogP contribution in [-0.2, 0) is 6.54 Å². The summed E-state index contributed by atoms with van der Waals surface area (Å²) >= 11 is 3.34. The SMILES string of the molecule is Cc1ccc(Br)cc1CNCC(F)F. The highest BCUT2D eigenvalue weighted by molar-refractivity contribution is 9.10. The fourth-order valence-corrected chi connectivity index (χ4v) is 1.55. The maximum Gasteiger partial charge on any atom is 0.250 e. The van der Waals surface area contributed by atoms with Crippen molar-refractivity contribution >= 4 is 15.9 Å². The Labute approximate surface area is 90.6 Å². The van der Waals surface area contributed by atoms with Crippen molar-refractivity contribution in [3.63, 3.8) is 0 Å². The van der Waals surface area contributed by atoms with Gasteiger partial charge in [-0.2, -0.15) is 0 Å². The molecular formula is C10H12BrF2N. The summed E-state index contributed by atoms with van der Waals surface area (Å²) in [5.41, 5.74) is 2.15. The molecule has 0 aliphatic heterocycles. The number of hydrogen-bond donors (Lipinski definition) is 1. The van der Waals surface area contributed by atoms with E-state index in [-0.39, 0.29) is 6.54 Å². The number of aryl methyl sites for hydroxylation is 1. The Hall–Kier alpha value is -0.480. The molecule has 1 nitrogen and oxygen atoms in total. The molecule has 1 rings (SSSR count). The third-order valence-electron chi connectivity index (χ3n) is 1.93. The molecule has 0 aromatic heterocycles. The molecule has 0 amide bonds. The second-order valence-corrected chi connectivity index (χ2v) is 4.01. The van der Waals surface area contributed by atoms with E-state index in [1.807, 2.05) is 25.1 Å². The summed E-state index contributed by atoms with van der Waals surface area (Å²) < 4.78 is 24.7. The Balaban J connectivity index is 2.53. The molecule has 0 fully saturated rings. The first-order chi connectivity index (χ1) is 6.59. The van der Waals surface area contributed by atoms with Crippen molar-refractivity contribution < 1.29 is 8.78 Å². The molecule has 78 valence electrons. The summed E-state index contributed by atoms with van der Waals surface area (Å²) in [6.07, 6.45) is -2.29. The molecule has 0 aliphatic rings. The number of benzene rings is 1. The lowest BCUT2D eigenvalue weighted by molar-refractivity contribution is 0.145. The zero-order valence-corrected chi connectivity index (χ0v) is 9.44. The van der Waals surface area contributed by atoms with Gasteiger partial charge in [-0.05, 0) is 30.2 Å². The summed E-state index contributed by atoms with van der Waals surface area (Å²) in [7, 11) is 0. The van der Waals surface area contributed by atoms with Gasteiger partial charge >= 0.3 is 0 Å². The number of hydrogen-bond acceptors (Lipinski definition) is 1. The van der Waals surface area contributed by atoms with Crippen molar-refractivity contribution in [3.8, 4) is 0 Å². The normalized spacial score (nSPS) is 10.9. The molecule has 0 saturated heterocycles. The lowest BCUT2D eigenvalue weighted by Crippen LogP contribution is -2.21. The van der Waals surface area contributed by atoms with Gasteiger partial charge in [0.25, 0.3) is 6.43 Å². The zero-order valence-electron chi connectivity index (χ0n) is 7.86. The van der Waals surface area contributed by atoms with Crippen molar-refractivity contribution in [2.45, 2.75) is 19.9 Å².